The van der Waals surface area contributed by atoms with E-state index in [1.807, 2.05) is 0 Å². The molecule has 6 heteroatoms. The van der Waals surface area contributed by atoms with E-state index in [0.717, 1.165) is 57.8 Å². The average Bonchev–Trinajstić information content (AvgIpc) is 3.44. The van der Waals surface area contributed by atoms with E-state index >= 15 is 0 Å². The second kappa shape index (κ2) is 67.9. The first-order chi connectivity index (χ1) is 38.5. The molecule has 0 spiro atoms. The zero-order valence-corrected chi connectivity index (χ0v) is 53.5. The van der Waals surface area contributed by atoms with Gasteiger partial charge in [0.1, 0.15) is 13.2 Å². The Morgan fingerprint density at radius 1 is 0.205 bits per heavy atom. The Morgan fingerprint density at radius 2 is 0.346 bits per heavy atom. The van der Waals surface area contributed by atoms with Crippen LogP contribution in [-0.4, -0.2) is 37.2 Å². The molecule has 0 aromatic heterocycles. The summed E-state index contributed by atoms with van der Waals surface area (Å²) in [6.07, 6.45) is 80.2. The van der Waals surface area contributed by atoms with Crippen molar-refractivity contribution in [2.75, 3.05) is 13.2 Å². The minimum absolute atomic E-state index is 0.0606. The SMILES string of the molecule is CCCCCCCCCCCCCCCCCCCCCCCCCCCCCCCCCCCCC(=O)OCC(COC(=O)CCCCCCCCCCCCCC)OC(=O)CCCCCCCCCCCCCCCC. The normalized spacial score (nSPS) is 11.9. The molecule has 0 aliphatic rings. The van der Waals surface area contributed by atoms with Gasteiger partial charge in [-0.3, -0.25) is 14.4 Å². The summed E-state index contributed by atoms with van der Waals surface area (Å²) in [4.78, 5) is 38.3. The van der Waals surface area contributed by atoms with Gasteiger partial charge in [0.25, 0.3) is 0 Å². The van der Waals surface area contributed by atoms with Crippen molar-refractivity contribution < 1.29 is 28.6 Å². The molecular weight excluding hydrogens is 961 g/mol. The summed E-state index contributed by atoms with van der Waals surface area (Å²) in [5, 5.41) is 0. The third-order valence-electron chi connectivity index (χ3n) is 16.9. The second-order valence-electron chi connectivity index (χ2n) is 24.9. The molecular formula is C72H140O6. The lowest BCUT2D eigenvalue weighted by Crippen LogP contribution is -2.30. The predicted molar refractivity (Wildman–Crippen MR) is 340 cm³/mol. The Bertz CT molecular complexity index is 1170. The number of esters is 3. The van der Waals surface area contributed by atoms with Gasteiger partial charge in [-0.1, -0.05) is 387 Å². The van der Waals surface area contributed by atoms with Crippen LogP contribution in [0.5, 0.6) is 0 Å². The fraction of sp³-hybridized carbons (Fsp3) is 0.958. The first-order valence-electron chi connectivity index (χ1n) is 36.0. The highest BCUT2D eigenvalue weighted by molar-refractivity contribution is 5.71. The molecule has 78 heavy (non-hydrogen) atoms. The number of hydrogen-bond acceptors (Lipinski definition) is 6. The van der Waals surface area contributed by atoms with Crippen molar-refractivity contribution in [3.05, 3.63) is 0 Å². The zero-order valence-electron chi connectivity index (χ0n) is 53.5. The lowest BCUT2D eigenvalue weighted by Gasteiger charge is -2.18. The molecule has 0 aromatic carbocycles. The summed E-state index contributed by atoms with van der Waals surface area (Å²) in [5.74, 6) is -0.826. The van der Waals surface area contributed by atoms with Gasteiger partial charge in [0, 0.05) is 19.3 Å². The van der Waals surface area contributed by atoms with Crippen molar-refractivity contribution in [2.24, 2.45) is 0 Å². The molecule has 0 N–H and O–H groups in total. The Balaban J connectivity index is 3.98. The molecule has 0 aromatic rings. The monoisotopic (exact) mass is 1100 g/mol. The fourth-order valence-corrected chi connectivity index (χ4v) is 11.5. The van der Waals surface area contributed by atoms with Crippen molar-refractivity contribution in [3.8, 4) is 0 Å². The Hall–Kier alpha value is -1.59. The Kier molecular flexibility index (Phi) is 66.5. The Morgan fingerprint density at radius 3 is 0.513 bits per heavy atom. The van der Waals surface area contributed by atoms with Crippen LogP contribution in [0, 0.1) is 0 Å². The molecule has 0 aliphatic carbocycles. The van der Waals surface area contributed by atoms with E-state index in [9.17, 15) is 14.4 Å². The maximum atomic E-state index is 12.9. The van der Waals surface area contributed by atoms with Crippen LogP contribution in [0.25, 0.3) is 0 Å². The molecule has 1 atom stereocenters. The maximum Gasteiger partial charge on any atom is 0.306 e. The highest BCUT2D eigenvalue weighted by Gasteiger charge is 2.20. The standard InChI is InChI=1S/C72H140O6/c1-4-7-10-13-16-19-22-25-27-28-29-30-31-32-33-34-35-36-37-38-39-40-41-42-43-44-45-46-48-50-53-56-59-62-65-71(74)77-68-69(67-76-70(73)64-61-58-55-52-49-24-21-18-15-12-9-6-3)78-72(75)66-63-60-57-54-51-47-26-23-20-17-14-11-8-5-2/h69H,4-68H2,1-3H3. The van der Waals surface area contributed by atoms with Crippen LogP contribution in [0.2, 0.25) is 0 Å². The van der Waals surface area contributed by atoms with Gasteiger partial charge in [0.2, 0.25) is 0 Å². The van der Waals surface area contributed by atoms with Crippen LogP contribution in [0.3, 0.4) is 0 Å². The summed E-state index contributed by atoms with van der Waals surface area (Å²) >= 11 is 0. The third-order valence-corrected chi connectivity index (χ3v) is 16.9. The van der Waals surface area contributed by atoms with E-state index in [1.54, 1.807) is 0 Å². The number of unbranched alkanes of at least 4 members (excludes halogenated alkanes) is 57. The van der Waals surface area contributed by atoms with E-state index in [4.69, 9.17) is 14.2 Å². The van der Waals surface area contributed by atoms with E-state index < -0.39 is 6.10 Å². The van der Waals surface area contributed by atoms with E-state index in [-0.39, 0.29) is 31.1 Å². The zero-order chi connectivity index (χ0) is 56.4. The molecule has 0 aliphatic heterocycles. The van der Waals surface area contributed by atoms with Gasteiger partial charge < -0.3 is 14.2 Å². The number of rotatable bonds is 68. The summed E-state index contributed by atoms with van der Waals surface area (Å²) < 4.78 is 17.0. The first kappa shape index (κ1) is 76.4. The molecule has 0 rings (SSSR count). The summed E-state index contributed by atoms with van der Waals surface area (Å²) in [6, 6.07) is 0. The van der Waals surface area contributed by atoms with Crippen LogP contribution >= 0.6 is 0 Å². The summed E-state index contributed by atoms with van der Waals surface area (Å²) in [7, 11) is 0. The fourth-order valence-electron chi connectivity index (χ4n) is 11.5. The highest BCUT2D eigenvalue weighted by Crippen LogP contribution is 2.20. The number of hydrogen-bond donors (Lipinski definition) is 0. The van der Waals surface area contributed by atoms with Crippen molar-refractivity contribution in [3.63, 3.8) is 0 Å². The van der Waals surface area contributed by atoms with Crippen molar-refractivity contribution >= 4 is 17.9 Å². The van der Waals surface area contributed by atoms with Crippen LogP contribution in [0.4, 0.5) is 0 Å². The molecule has 0 bridgehead atoms. The molecule has 0 heterocycles. The number of carbonyl (C=O) groups is 3. The highest BCUT2D eigenvalue weighted by atomic mass is 16.6. The largest absolute Gasteiger partial charge is 0.462 e. The summed E-state index contributed by atoms with van der Waals surface area (Å²) in [6.45, 7) is 6.72. The van der Waals surface area contributed by atoms with Crippen LogP contribution < -0.4 is 0 Å². The quantitative estimate of drug-likeness (QED) is 0.0343. The minimum atomic E-state index is -0.762. The topological polar surface area (TPSA) is 78.9 Å². The Labute approximate surface area is 488 Å². The minimum Gasteiger partial charge on any atom is -0.462 e. The van der Waals surface area contributed by atoms with Gasteiger partial charge in [-0.25, -0.2) is 0 Å². The first-order valence-corrected chi connectivity index (χ1v) is 36.0. The van der Waals surface area contributed by atoms with Gasteiger partial charge in [0.05, 0.1) is 0 Å². The third kappa shape index (κ3) is 65.2. The second-order valence-corrected chi connectivity index (χ2v) is 24.9. The maximum absolute atomic E-state index is 12.9. The van der Waals surface area contributed by atoms with Crippen molar-refractivity contribution in [2.45, 2.75) is 431 Å². The van der Waals surface area contributed by atoms with Crippen molar-refractivity contribution in [1.29, 1.82) is 0 Å². The molecule has 6 nitrogen and oxygen atoms in total. The van der Waals surface area contributed by atoms with Gasteiger partial charge >= 0.3 is 17.9 Å². The van der Waals surface area contributed by atoms with Gasteiger partial charge in [-0.2, -0.15) is 0 Å². The van der Waals surface area contributed by atoms with E-state index in [2.05, 4.69) is 20.8 Å². The number of ether oxygens (including phenoxy) is 3. The van der Waals surface area contributed by atoms with Crippen LogP contribution in [-0.2, 0) is 28.6 Å². The number of carbonyl (C=O) groups excluding carboxylic acids is 3. The lowest BCUT2D eigenvalue weighted by molar-refractivity contribution is -0.167. The van der Waals surface area contributed by atoms with E-state index in [0.29, 0.717) is 19.3 Å². The van der Waals surface area contributed by atoms with Crippen LogP contribution in [0.15, 0.2) is 0 Å². The molecule has 1 unspecified atom stereocenters. The van der Waals surface area contributed by atoms with E-state index in [1.165, 1.54) is 327 Å². The molecule has 0 saturated carbocycles. The lowest BCUT2D eigenvalue weighted by atomic mass is 10.0. The van der Waals surface area contributed by atoms with Gasteiger partial charge in [0.15, 0.2) is 6.10 Å². The molecule has 0 saturated heterocycles. The molecule has 0 radical (unpaired) electrons. The molecule has 0 amide bonds. The van der Waals surface area contributed by atoms with Gasteiger partial charge in [-0.15, -0.1) is 0 Å². The summed E-state index contributed by atoms with van der Waals surface area (Å²) in [5.41, 5.74) is 0. The average molecular weight is 1100 g/mol. The van der Waals surface area contributed by atoms with Crippen LogP contribution in [0.1, 0.15) is 425 Å². The smallest absolute Gasteiger partial charge is 0.306 e. The van der Waals surface area contributed by atoms with Gasteiger partial charge in [-0.05, 0) is 19.3 Å². The predicted octanol–water partition coefficient (Wildman–Crippen LogP) is 24.6. The molecule has 464 valence electrons. The van der Waals surface area contributed by atoms with Crippen molar-refractivity contribution in [1.82, 2.24) is 0 Å². The molecule has 0 fully saturated rings.